The van der Waals surface area contributed by atoms with Gasteiger partial charge in [0.1, 0.15) is 0 Å². The van der Waals surface area contributed by atoms with Crippen molar-refractivity contribution in [2.24, 2.45) is 0 Å². The number of hydrogen-bond donors (Lipinski definition) is 0. The fraction of sp³-hybridized carbons (Fsp3) is 0.389. The average molecular weight is 376 g/mol. The van der Waals surface area contributed by atoms with Crippen LogP contribution in [0.25, 0.3) is 0 Å². The maximum atomic E-state index is 12.4. The van der Waals surface area contributed by atoms with E-state index in [-0.39, 0.29) is 24.5 Å². The lowest BCUT2D eigenvalue weighted by Crippen LogP contribution is -2.48. The summed E-state index contributed by atoms with van der Waals surface area (Å²) in [7, 11) is 0. The van der Waals surface area contributed by atoms with Gasteiger partial charge in [0.05, 0.1) is 0 Å². The molecule has 1 aliphatic heterocycles. The zero-order valence-electron chi connectivity index (χ0n) is 14.2. The second kappa shape index (κ2) is 8.49. The Hall–Kier alpha value is -1.86. The van der Waals surface area contributed by atoms with Gasteiger partial charge in [-0.25, -0.2) is 4.98 Å². The minimum atomic E-state index is 0.0300. The van der Waals surface area contributed by atoms with E-state index in [4.69, 9.17) is 0 Å². The fourth-order valence-electron chi connectivity index (χ4n) is 2.82. The predicted octanol–water partition coefficient (Wildman–Crippen LogP) is 3.18. The van der Waals surface area contributed by atoms with E-state index in [2.05, 4.69) is 9.88 Å². The molecule has 2 heterocycles. The molecule has 25 heavy (non-hydrogen) atoms. The van der Waals surface area contributed by atoms with Crippen molar-refractivity contribution < 1.29 is 9.59 Å². The lowest BCUT2D eigenvalue weighted by atomic mass is 10.1. The third-order valence-corrected chi connectivity index (χ3v) is 5.88. The first-order valence-electron chi connectivity index (χ1n) is 8.27. The van der Waals surface area contributed by atoms with Crippen molar-refractivity contribution in [3.8, 4) is 0 Å². The number of nitrogens with zero attached hydrogens (tertiary/aromatic N) is 3. The van der Waals surface area contributed by atoms with Gasteiger partial charge in [0.25, 0.3) is 0 Å². The molecule has 0 spiro atoms. The van der Waals surface area contributed by atoms with Gasteiger partial charge in [0, 0.05) is 61.1 Å². The highest BCUT2D eigenvalue weighted by Crippen LogP contribution is 2.20. The van der Waals surface area contributed by atoms with E-state index in [1.165, 1.54) is 0 Å². The Morgan fingerprint density at radius 2 is 1.84 bits per heavy atom. The molecule has 2 aromatic rings. The van der Waals surface area contributed by atoms with Crippen LogP contribution in [0.2, 0.25) is 0 Å². The number of carbonyl (C=O) groups is 2. The summed E-state index contributed by atoms with van der Waals surface area (Å²) in [6.45, 7) is 2.97. The van der Waals surface area contributed by atoms with E-state index < -0.39 is 0 Å². The molecule has 1 aliphatic rings. The molecule has 0 N–H and O–H groups in total. The van der Waals surface area contributed by atoms with E-state index >= 15 is 0 Å². The van der Waals surface area contributed by atoms with Gasteiger partial charge in [0.15, 0.2) is 10.9 Å². The highest BCUT2D eigenvalue weighted by atomic mass is 32.2. The van der Waals surface area contributed by atoms with Crippen molar-refractivity contribution >= 4 is 39.9 Å². The molecule has 0 saturated carbocycles. The summed E-state index contributed by atoms with van der Waals surface area (Å²) < 4.78 is 0. The number of anilines is 1. The first-order chi connectivity index (χ1) is 12.2. The smallest absolute Gasteiger partial charge is 0.223 e. The summed E-state index contributed by atoms with van der Waals surface area (Å²) in [5.41, 5.74) is 0.680. The number of rotatable bonds is 6. The zero-order valence-corrected chi connectivity index (χ0v) is 15.8. The third kappa shape index (κ3) is 4.61. The SMILES string of the molecule is CSc1ccc(C(=O)CCC(=O)N2CCN(c3nccs3)CC2)cc1. The van der Waals surface area contributed by atoms with Gasteiger partial charge >= 0.3 is 0 Å². The van der Waals surface area contributed by atoms with Crippen LogP contribution >= 0.6 is 23.1 Å². The van der Waals surface area contributed by atoms with Crippen LogP contribution < -0.4 is 4.90 Å². The molecular weight excluding hydrogens is 354 g/mol. The lowest BCUT2D eigenvalue weighted by molar-refractivity contribution is -0.131. The van der Waals surface area contributed by atoms with E-state index in [0.29, 0.717) is 18.7 Å². The van der Waals surface area contributed by atoms with E-state index in [1.54, 1.807) is 29.3 Å². The number of amides is 1. The molecule has 0 bridgehead atoms. The van der Waals surface area contributed by atoms with Crippen molar-refractivity contribution in [1.82, 2.24) is 9.88 Å². The summed E-state index contributed by atoms with van der Waals surface area (Å²) in [6, 6.07) is 7.56. The number of piperazine rings is 1. The van der Waals surface area contributed by atoms with Crippen molar-refractivity contribution in [3.63, 3.8) is 0 Å². The van der Waals surface area contributed by atoms with Crippen molar-refractivity contribution in [2.75, 3.05) is 37.3 Å². The maximum absolute atomic E-state index is 12.4. The number of hydrogen-bond acceptors (Lipinski definition) is 6. The predicted molar refractivity (Wildman–Crippen MR) is 103 cm³/mol. The number of thioether (sulfide) groups is 1. The highest BCUT2D eigenvalue weighted by Gasteiger charge is 2.22. The zero-order chi connectivity index (χ0) is 17.6. The maximum Gasteiger partial charge on any atom is 0.223 e. The largest absolute Gasteiger partial charge is 0.345 e. The molecule has 3 rings (SSSR count). The third-order valence-electron chi connectivity index (χ3n) is 4.30. The molecule has 0 aliphatic carbocycles. The number of Topliss-reactive ketones (excluding diaryl/α,β-unsaturated/α-hetero) is 1. The van der Waals surface area contributed by atoms with Gasteiger partial charge in [-0.15, -0.1) is 23.1 Å². The van der Waals surface area contributed by atoms with E-state index in [0.717, 1.165) is 23.1 Å². The number of thiazole rings is 1. The van der Waals surface area contributed by atoms with Crippen molar-refractivity contribution in [2.45, 2.75) is 17.7 Å². The van der Waals surface area contributed by atoms with Crippen LogP contribution in [-0.4, -0.2) is 54.0 Å². The summed E-state index contributed by atoms with van der Waals surface area (Å²) in [5, 5.41) is 2.97. The molecule has 1 aromatic heterocycles. The molecular formula is C18H21N3O2S2. The van der Waals surface area contributed by atoms with Crippen molar-refractivity contribution in [3.05, 3.63) is 41.4 Å². The minimum Gasteiger partial charge on any atom is -0.345 e. The first kappa shape index (κ1) is 17.9. The van der Waals surface area contributed by atoms with Gasteiger partial charge in [-0.2, -0.15) is 0 Å². The molecule has 7 heteroatoms. The first-order valence-corrected chi connectivity index (χ1v) is 10.4. The lowest BCUT2D eigenvalue weighted by Gasteiger charge is -2.34. The van der Waals surface area contributed by atoms with Crippen LogP contribution in [0.3, 0.4) is 0 Å². The number of ketones is 1. The standard InChI is InChI=1S/C18H21N3O2S2/c1-24-15-4-2-14(3-5-15)16(22)6-7-17(23)20-9-11-21(12-10-20)18-19-8-13-25-18/h2-5,8,13H,6-7,9-12H2,1H3. The highest BCUT2D eigenvalue weighted by molar-refractivity contribution is 7.98. The van der Waals surface area contributed by atoms with Crippen LogP contribution in [0.5, 0.6) is 0 Å². The Morgan fingerprint density at radius 3 is 2.44 bits per heavy atom. The quantitative estimate of drug-likeness (QED) is 0.573. The molecule has 0 atom stereocenters. The van der Waals surface area contributed by atoms with Crippen LogP contribution in [0.15, 0.2) is 40.7 Å². The van der Waals surface area contributed by atoms with Crippen LogP contribution in [0.1, 0.15) is 23.2 Å². The fourth-order valence-corrected chi connectivity index (χ4v) is 3.92. The Bertz CT molecular complexity index is 708. The Morgan fingerprint density at radius 1 is 1.12 bits per heavy atom. The van der Waals surface area contributed by atoms with Crippen molar-refractivity contribution in [1.29, 1.82) is 0 Å². The monoisotopic (exact) mass is 375 g/mol. The average Bonchev–Trinajstić information content (AvgIpc) is 3.21. The molecule has 5 nitrogen and oxygen atoms in total. The van der Waals surface area contributed by atoms with E-state index in [1.807, 2.05) is 40.8 Å². The molecule has 1 aromatic carbocycles. The summed E-state index contributed by atoms with van der Waals surface area (Å²) in [5.74, 6) is 0.0929. The van der Waals surface area contributed by atoms with Crippen LogP contribution in [0.4, 0.5) is 5.13 Å². The van der Waals surface area contributed by atoms with Gasteiger partial charge in [-0.3, -0.25) is 9.59 Å². The molecule has 0 unspecified atom stereocenters. The van der Waals surface area contributed by atoms with E-state index in [9.17, 15) is 9.59 Å². The number of aromatic nitrogens is 1. The second-order valence-electron chi connectivity index (χ2n) is 5.83. The number of benzene rings is 1. The second-order valence-corrected chi connectivity index (χ2v) is 7.59. The topological polar surface area (TPSA) is 53.5 Å². The molecule has 1 saturated heterocycles. The molecule has 132 valence electrons. The molecule has 0 radical (unpaired) electrons. The Labute approximate surface area is 156 Å². The summed E-state index contributed by atoms with van der Waals surface area (Å²) >= 11 is 3.26. The molecule has 1 amide bonds. The minimum absolute atomic E-state index is 0.0300. The van der Waals surface area contributed by atoms with Crippen LogP contribution in [0, 0.1) is 0 Å². The van der Waals surface area contributed by atoms with Gasteiger partial charge in [0.2, 0.25) is 5.91 Å². The summed E-state index contributed by atoms with van der Waals surface area (Å²) in [4.78, 5) is 34.1. The normalized spacial score (nSPS) is 14.6. The van der Waals surface area contributed by atoms with Gasteiger partial charge in [-0.05, 0) is 18.4 Å². The van der Waals surface area contributed by atoms with Gasteiger partial charge in [-0.1, -0.05) is 12.1 Å². The number of carbonyl (C=O) groups excluding carboxylic acids is 2. The molecule has 1 fully saturated rings. The summed E-state index contributed by atoms with van der Waals surface area (Å²) in [6.07, 6.45) is 4.35. The van der Waals surface area contributed by atoms with Gasteiger partial charge < -0.3 is 9.80 Å². The van der Waals surface area contributed by atoms with Crippen LogP contribution in [-0.2, 0) is 4.79 Å². The Kier molecular flexibility index (Phi) is 6.09. The Balaban J connectivity index is 1.45.